The molecule has 0 N–H and O–H groups in total. The number of furan rings is 3. The van der Waals surface area contributed by atoms with Crippen LogP contribution in [0.1, 0.15) is 25.0 Å². The maximum atomic E-state index is 6.49. The van der Waals surface area contributed by atoms with Crippen molar-refractivity contribution in [3.63, 3.8) is 0 Å². The van der Waals surface area contributed by atoms with Crippen LogP contribution in [0.25, 0.3) is 121 Å². The molecule has 3 heterocycles. The van der Waals surface area contributed by atoms with Gasteiger partial charge in [0, 0.05) is 71.5 Å². The van der Waals surface area contributed by atoms with Crippen molar-refractivity contribution in [3.8, 4) is 55.6 Å². The summed E-state index contributed by atoms with van der Waals surface area (Å²) < 4.78 is 19.4. The average Bonchev–Trinajstić information content (AvgIpc) is 4.21. The smallest absolute Gasteiger partial charge is 0.143 e. The molecule has 0 unspecified atom stereocenters. The van der Waals surface area contributed by atoms with Gasteiger partial charge in [0.25, 0.3) is 0 Å². The molecule has 3 aromatic heterocycles. The van der Waals surface area contributed by atoms with Gasteiger partial charge in [-0.05, 0) is 117 Å². The predicted molar refractivity (Wildman–Crippen MR) is 302 cm³/mol. The lowest BCUT2D eigenvalue weighted by molar-refractivity contribution is 0.660. The minimum atomic E-state index is -0.173. The molecule has 0 spiro atoms. The molecule has 11 aromatic carbocycles. The van der Waals surface area contributed by atoms with Crippen molar-refractivity contribution in [1.82, 2.24) is 0 Å². The summed E-state index contributed by atoms with van der Waals surface area (Å²) in [6, 6.07) is 84.9. The molecule has 0 saturated heterocycles. The summed E-state index contributed by atoms with van der Waals surface area (Å²) >= 11 is 0. The minimum Gasteiger partial charge on any atom is -0.455 e. The summed E-state index contributed by atoms with van der Waals surface area (Å²) in [6.07, 6.45) is 0. The first-order valence-electron chi connectivity index (χ1n) is 25.0. The predicted octanol–water partition coefficient (Wildman–Crippen LogP) is 19.8. The molecular formula is C69H45NO3. The second-order valence-electron chi connectivity index (χ2n) is 20.0. The Labute approximate surface area is 421 Å². The van der Waals surface area contributed by atoms with E-state index in [0.29, 0.717) is 0 Å². The first-order chi connectivity index (χ1) is 35.9. The molecule has 0 radical (unpaired) electrons. The van der Waals surface area contributed by atoms with Crippen LogP contribution in [0.2, 0.25) is 0 Å². The van der Waals surface area contributed by atoms with Crippen molar-refractivity contribution in [2.75, 3.05) is 4.90 Å². The SMILES string of the molecule is CC1(C)c2ccc(-c3ccc(N(c4ccc(-c5cccc6c5oc5ccccc56)cc4)c4ccc(-c5cccc6c5oc5ccccc56)cc4)cc3)cc2-c2ccc(-c3cccc4c3oc3ccccc34)cc21. The Kier molecular flexibility index (Phi) is 8.97. The molecule has 1 aliphatic carbocycles. The Morgan fingerprint density at radius 3 is 1.12 bits per heavy atom. The number of hydrogen-bond acceptors (Lipinski definition) is 4. The van der Waals surface area contributed by atoms with Gasteiger partial charge in [0.15, 0.2) is 0 Å². The van der Waals surface area contributed by atoms with Crippen LogP contribution in [-0.4, -0.2) is 0 Å². The van der Waals surface area contributed by atoms with Crippen LogP contribution >= 0.6 is 0 Å². The molecule has 0 fully saturated rings. The van der Waals surface area contributed by atoms with Gasteiger partial charge in [-0.2, -0.15) is 0 Å². The van der Waals surface area contributed by atoms with E-state index in [4.69, 9.17) is 13.3 Å². The number of benzene rings is 11. The highest BCUT2D eigenvalue weighted by atomic mass is 16.3. The number of rotatable bonds is 7. The third kappa shape index (κ3) is 6.40. The quantitative estimate of drug-likeness (QED) is 0.160. The van der Waals surface area contributed by atoms with E-state index >= 15 is 0 Å². The van der Waals surface area contributed by atoms with Gasteiger partial charge < -0.3 is 18.2 Å². The lowest BCUT2D eigenvalue weighted by Crippen LogP contribution is -2.15. The summed E-state index contributed by atoms with van der Waals surface area (Å²) in [5.74, 6) is 0. The Morgan fingerprint density at radius 1 is 0.274 bits per heavy atom. The molecule has 4 heteroatoms. The van der Waals surface area contributed by atoms with E-state index in [1.165, 1.54) is 33.4 Å². The van der Waals surface area contributed by atoms with Crippen LogP contribution in [0.3, 0.4) is 0 Å². The number of fused-ring (bicyclic) bond motifs is 12. The van der Waals surface area contributed by atoms with Gasteiger partial charge in [-0.25, -0.2) is 0 Å². The number of para-hydroxylation sites is 6. The van der Waals surface area contributed by atoms with Gasteiger partial charge in [0.2, 0.25) is 0 Å². The van der Waals surface area contributed by atoms with Crippen molar-refractivity contribution in [2.45, 2.75) is 19.3 Å². The highest BCUT2D eigenvalue weighted by Gasteiger charge is 2.36. The highest BCUT2D eigenvalue weighted by Crippen LogP contribution is 2.52. The van der Waals surface area contributed by atoms with Gasteiger partial charge in [-0.3, -0.25) is 0 Å². The van der Waals surface area contributed by atoms with Crippen LogP contribution in [0.15, 0.2) is 250 Å². The first kappa shape index (κ1) is 41.4. The maximum Gasteiger partial charge on any atom is 0.143 e. The van der Waals surface area contributed by atoms with Crippen LogP contribution in [0.4, 0.5) is 17.1 Å². The van der Waals surface area contributed by atoms with Gasteiger partial charge in [-0.1, -0.05) is 184 Å². The zero-order chi connectivity index (χ0) is 48.4. The fourth-order valence-corrected chi connectivity index (χ4v) is 11.9. The second-order valence-corrected chi connectivity index (χ2v) is 20.0. The van der Waals surface area contributed by atoms with E-state index in [1.807, 2.05) is 30.3 Å². The molecule has 0 amide bonds. The van der Waals surface area contributed by atoms with Crippen molar-refractivity contribution in [1.29, 1.82) is 0 Å². The fourth-order valence-electron chi connectivity index (χ4n) is 11.9. The molecule has 4 nitrogen and oxygen atoms in total. The highest BCUT2D eigenvalue weighted by molar-refractivity contribution is 6.12. The van der Waals surface area contributed by atoms with Crippen LogP contribution in [0.5, 0.6) is 0 Å². The molecule has 344 valence electrons. The lowest BCUT2D eigenvalue weighted by Gasteiger charge is -2.26. The molecule has 0 saturated carbocycles. The normalized spacial score (nSPS) is 12.9. The van der Waals surface area contributed by atoms with E-state index < -0.39 is 0 Å². The molecule has 1 aliphatic rings. The van der Waals surface area contributed by atoms with Gasteiger partial charge in [0.1, 0.15) is 33.5 Å². The molecule has 0 bridgehead atoms. The van der Waals surface area contributed by atoms with E-state index in [1.54, 1.807) is 0 Å². The second kappa shape index (κ2) is 15.8. The Bertz CT molecular complexity index is 4350. The topological polar surface area (TPSA) is 42.7 Å². The van der Waals surface area contributed by atoms with Crippen molar-refractivity contribution in [2.24, 2.45) is 0 Å². The molecule has 15 rings (SSSR count). The third-order valence-electron chi connectivity index (χ3n) is 15.5. The summed E-state index contributed by atoms with van der Waals surface area (Å²) in [5.41, 5.74) is 22.6. The van der Waals surface area contributed by atoms with E-state index in [0.717, 1.165) is 116 Å². The molecular weight excluding hydrogens is 891 g/mol. The largest absolute Gasteiger partial charge is 0.455 e. The van der Waals surface area contributed by atoms with E-state index in [2.05, 4.69) is 225 Å². The number of anilines is 3. The van der Waals surface area contributed by atoms with Crippen molar-refractivity contribution < 1.29 is 13.3 Å². The standard InChI is InChI=1S/C69H45NO3/c1-69(2)61-39-31-45(40-60(61)53-38-30-46(41-62(53)69)52-17-11-20-59-56-14-5-8-23-65(56)73-68(52)59)42-24-32-47(33-25-42)70(48-34-26-43(27-35-48)50-15-9-18-57-54-12-3-6-21-63(54)71-66(50)57)49-36-28-44(29-37-49)51-16-10-19-58-55-13-4-7-22-64(55)72-67(51)58/h3-41H,1-2H3. The van der Waals surface area contributed by atoms with E-state index in [-0.39, 0.29) is 5.41 Å². The van der Waals surface area contributed by atoms with Gasteiger partial charge in [0.05, 0.1) is 0 Å². The Balaban J connectivity index is 0.792. The Hall–Kier alpha value is -9.38. The molecule has 73 heavy (non-hydrogen) atoms. The molecule has 0 atom stereocenters. The first-order valence-corrected chi connectivity index (χ1v) is 25.0. The summed E-state index contributed by atoms with van der Waals surface area (Å²) in [7, 11) is 0. The number of hydrogen-bond donors (Lipinski definition) is 0. The van der Waals surface area contributed by atoms with Gasteiger partial charge in [-0.15, -0.1) is 0 Å². The summed E-state index contributed by atoms with van der Waals surface area (Å²) in [4.78, 5) is 2.34. The minimum absolute atomic E-state index is 0.173. The monoisotopic (exact) mass is 935 g/mol. The van der Waals surface area contributed by atoms with Crippen molar-refractivity contribution in [3.05, 3.63) is 248 Å². The van der Waals surface area contributed by atoms with Crippen LogP contribution < -0.4 is 4.90 Å². The molecule has 0 aliphatic heterocycles. The molecule has 14 aromatic rings. The van der Waals surface area contributed by atoms with Crippen LogP contribution in [-0.2, 0) is 5.41 Å². The number of nitrogens with zero attached hydrogens (tertiary/aromatic N) is 1. The average molecular weight is 936 g/mol. The zero-order valence-electron chi connectivity index (χ0n) is 40.2. The third-order valence-corrected chi connectivity index (χ3v) is 15.5. The lowest BCUT2D eigenvalue weighted by atomic mass is 9.81. The fraction of sp³-hybridized carbons (Fsp3) is 0.0435. The maximum absolute atomic E-state index is 6.49. The van der Waals surface area contributed by atoms with Gasteiger partial charge >= 0.3 is 0 Å². The van der Waals surface area contributed by atoms with Crippen LogP contribution in [0, 0.1) is 0 Å². The van der Waals surface area contributed by atoms with Crippen molar-refractivity contribution >= 4 is 82.9 Å². The summed E-state index contributed by atoms with van der Waals surface area (Å²) in [5, 5.41) is 6.79. The van der Waals surface area contributed by atoms with E-state index in [9.17, 15) is 0 Å². The summed E-state index contributed by atoms with van der Waals surface area (Å²) in [6.45, 7) is 4.70. The Morgan fingerprint density at radius 2 is 0.658 bits per heavy atom. The zero-order valence-corrected chi connectivity index (χ0v) is 40.2.